The van der Waals surface area contributed by atoms with Crippen molar-refractivity contribution in [3.8, 4) is 0 Å². The highest BCUT2D eigenvalue weighted by molar-refractivity contribution is 8.00. The van der Waals surface area contributed by atoms with Crippen molar-refractivity contribution in [1.29, 1.82) is 0 Å². The zero-order valence-electron chi connectivity index (χ0n) is 14.5. The first-order valence-corrected chi connectivity index (χ1v) is 9.44. The first kappa shape index (κ1) is 17.1. The quantitative estimate of drug-likeness (QED) is 0.832. The minimum Gasteiger partial charge on any atom is -0.361 e. The topological polar surface area (TPSA) is 46.3 Å². The SMILES string of the molecule is CCc1noc(C)c1C(=O)N1CCC(Sc2ccccc2C)CC1. The van der Waals surface area contributed by atoms with Crippen LogP contribution in [0.5, 0.6) is 0 Å². The van der Waals surface area contributed by atoms with Crippen LogP contribution in [-0.4, -0.2) is 34.3 Å². The van der Waals surface area contributed by atoms with Gasteiger partial charge in [0.05, 0.1) is 5.69 Å². The number of hydrogen-bond acceptors (Lipinski definition) is 4. The summed E-state index contributed by atoms with van der Waals surface area (Å²) in [6.07, 6.45) is 2.77. The fourth-order valence-corrected chi connectivity index (χ4v) is 4.35. The van der Waals surface area contributed by atoms with Gasteiger partial charge in [0.15, 0.2) is 0 Å². The number of aryl methyl sites for hydroxylation is 3. The lowest BCUT2D eigenvalue weighted by molar-refractivity contribution is 0.0724. The molecule has 1 aromatic carbocycles. The number of carbonyl (C=O) groups is 1. The molecule has 5 heteroatoms. The van der Waals surface area contributed by atoms with Crippen LogP contribution in [0.1, 0.15) is 47.1 Å². The lowest BCUT2D eigenvalue weighted by atomic mass is 10.1. The third kappa shape index (κ3) is 3.51. The maximum absolute atomic E-state index is 12.8. The summed E-state index contributed by atoms with van der Waals surface area (Å²) >= 11 is 1.94. The summed E-state index contributed by atoms with van der Waals surface area (Å²) in [5.74, 6) is 0.707. The molecule has 24 heavy (non-hydrogen) atoms. The van der Waals surface area contributed by atoms with Gasteiger partial charge >= 0.3 is 0 Å². The molecule has 0 aliphatic carbocycles. The van der Waals surface area contributed by atoms with Crippen LogP contribution in [0.2, 0.25) is 0 Å². The largest absolute Gasteiger partial charge is 0.361 e. The van der Waals surface area contributed by atoms with Crippen molar-refractivity contribution >= 4 is 17.7 Å². The van der Waals surface area contributed by atoms with E-state index in [1.165, 1.54) is 10.5 Å². The van der Waals surface area contributed by atoms with Gasteiger partial charge in [-0.1, -0.05) is 30.3 Å². The van der Waals surface area contributed by atoms with Crippen LogP contribution >= 0.6 is 11.8 Å². The van der Waals surface area contributed by atoms with Gasteiger partial charge in [0, 0.05) is 23.2 Å². The fourth-order valence-electron chi connectivity index (χ4n) is 3.14. The second-order valence-corrected chi connectivity index (χ2v) is 7.63. The fraction of sp³-hybridized carbons (Fsp3) is 0.474. The molecular weight excluding hydrogens is 320 g/mol. The van der Waals surface area contributed by atoms with E-state index in [1.54, 1.807) is 0 Å². The molecule has 0 unspecified atom stereocenters. The van der Waals surface area contributed by atoms with Gasteiger partial charge in [0.1, 0.15) is 11.3 Å². The Bertz CT molecular complexity index is 718. The summed E-state index contributed by atoms with van der Waals surface area (Å²) in [6, 6.07) is 8.51. The first-order chi connectivity index (χ1) is 11.6. The van der Waals surface area contributed by atoms with Crippen LogP contribution in [0, 0.1) is 13.8 Å². The molecule has 1 amide bonds. The summed E-state index contributed by atoms with van der Waals surface area (Å²) in [6.45, 7) is 7.58. The Morgan fingerprint density at radius 2 is 2.00 bits per heavy atom. The molecule has 4 nitrogen and oxygen atoms in total. The number of piperidine rings is 1. The third-order valence-corrected chi connectivity index (χ3v) is 6.12. The zero-order chi connectivity index (χ0) is 17.1. The standard InChI is InChI=1S/C19H24N2O2S/c1-4-16-18(14(3)23-20-16)19(22)21-11-9-15(10-12-21)24-17-8-6-5-7-13(17)2/h5-8,15H,4,9-12H2,1-3H3. The van der Waals surface area contributed by atoms with Gasteiger partial charge < -0.3 is 9.42 Å². The van der Waals surface area contributed by atoms with Crippen LogP contribution in [-0.2, 0) is 6.42 Å². The van der Waals surface area contributed by atoms with E-state index in [1.807, 2.05) is 30.5 Å². The Hall–Kier alpha value is -1.75. The molecule has 2 heterocycles. The second-order valence-electron chi connectivity index (χ2n) is 6.29. The number of aromatic nitrogens is 1. The van der Waals surface area contributed by atoms with E-state index in [9.17, 15) is 4.79 Å². The smallest absolute Gasteiger partial charge is 0.259 e. The van der Waals surface area contributed by atoms with Gasteiger partial charge in [-0.25, -0.2) is 0 Å². The molecule has 0 N–H and O–H groups in total. The van der Waals surface area contributed by atoms with Crippen LogP contribution in [0.15, 0.2) is 33.7 Å². The lowest BCUT2D eigenvalue weighted by Gasteiger charge is -2.32. The molecule has 3 rings (SSSR count). The maximum Gasteiger partial charge on any atom is 0.259 e. The van der Waals surface area contributed by atoms with E-state index >= 15 is 0 Å². The molecule has 0 spiro atoms. The monoisotopic (exact) mass is 344 g/mol. The number of carbonyl (C=O) groups excluding carboxylic acids is 1. The lowest BCUT2D eigenvalue weighted by Crippen LogP contribution is -2.39. The molecule has 1 aliphatic rings. The molecular formula is C19H24N2O2S. The zero-order valence-corrected chi connectivity index (χ0v) is 15.4. The van der Waals surface area contributed by atoms with Crippen molar-refractivity contribution < 1.29 is 9.32 Å². The molecule has 1 aromatic heterocycles. The van der Waals surface area contributed by atoms with Crippen LogP contribution < -0.4 is 0 Å². The Morgan fingerprint density at radius 1 is 1.29 bits per heavy atom. The first-order valence-electron chi connectivity index (χ1n) is 8.56. The molecule has 1 fully saturated rings. The van der Waals surface area contributed by atoms with Gasteiger partial charge in [-0.05, 0) is 44.7 Å². The number of hydrogen-bond donors (Lipinski definition) is 0. The number of benzene rings is 1. The minimum atomic E-state index is 0.0740. The molecule has 0 saturated carbocycles. The van der Waals surface area contributed by atoms with Crippen molar-refractivity contribution in [2.75, 3.05) is 13.1 Å². The molecule has 0 atom stereocenters. The summed E-state index contributed by atoms with van der Waals surface area (Å²) in [7, 11) is 0. The second kappa shape index (κ2) is 7.43. The predicted octanol–water partition coefficient (Wildman–Crippen LogP) is 4.25. The van der Waals surface area contributed by atoms with Crippen molar-refractivity contribution in [2.45, 2.75) is 50.2 Å². The van der Waals surface area contributed by atoms with Gasteiger partial charge in [0.25, 0.3) is 5.91 Å². The third-order valence-electron chi connectivity index (χ3n) is 4.60. The van der Waals surface area contributed by atoms with E-state index in [-0.39, 0.29) is 5.91 Å². The highest BCUT2D eigenvalue weighted by Crippen LogP contribution is 2.32. The highest BCUT2D eigenvalue weighted by Gasteiger charge is 2.28. The summed E-state index contributed by atoms with van der Waals surface area (Å²) in [5.41, 5.74) is 2.77. The highest BCUT2D eigenvalue weighted by atomic mass is 32.2. The Labute approximate surface area is 147 Å². The summed E-state index contributed by atoms with van der Waals surface area (Å²) in [4.78, 5) is 16.1. The molecule has 1 saturated heterocycles. The number of thioether (sulfide) groups is 1. The van der Waals surface area contributed by atoms with Crippen molar-refractivity contribution in [3.05, 3.63) is 46.8 Å². The van der Waals surface area contributed by atoms with E-state index in [0.29, 0.717) is 16.6 Å². The van der Waals surface area contributed by atoms with Gasteiger partial charge in [0.2, 0.25) is 0 Å². The van der Waals surface area contributed by atoms with Gasteiger partial charge in [-0.2, -0.15) is 0 Å². The van der Waals surface area contributed by atoms with Crippen molar-refractivity contribution in [1.82, 2.24) is 10.1 Å². The molecule has 1 aliphatic heterocycles. The van der Waals surface area contributed by atoms with Gasteiger partial charge in [-0.3, -0.25) is 4.79 Å². The van der Waals surface area contributed by atoms with Crippen LogP contribution in [0.3, 0.4) is 0 Å². The average Bonchev–Trinajstić information content (AvgIpc) is 2.98. The number of nitrogens with zero attached hydrogens (tertiary/aromatic N) is 2. The Balaban J connectivity index is 1.62. The van der Waals surface area contributed by atoms with E-state index in [4.69, 9.17) is 4.52 Å². The predicted molar refractivity (Wildman–Crippen MR) is 96.6 cm³/mol. The van der Waals surface area contributed by atoms with E-state index < -0.39 is 0 Å². The maximum atomic E-state index is 12.8. The molecule has 0 bridgehead atoms. The van der Waals surface area contributed by atoms with Crippen LogP contribution in [0.25, 0.3) is 0 Å². The van der Waals surface area contributed by atoms with Crippen molar-refractivity contribution in [3.63, 3.8) is 0 Å². The number of likely N-dealkylation sites (tertiary alicyclic amines) is 1. The molecule has 128 valence electrons. The molecule has 0 radical (unpaired) electrons. The van der Waals surface area contributed by atoms with E-state index in [0.717, 1.165) is 38.0 Å². The number of amides is 1. The normalized spacial score (nSPS) is 15.7. The van der Waals surface area contributed by atoms with Gasteiger partial charge in [-0.15, -0.1) is 11.8 Å². The minimum absolute atomic E-state index is 0.0740. The van der Waals surface area contributed by atoms with E-state index in [2.05, 4.69) is 36.3 Å². The number of rotatable bonds is 4. The Kier molecular flexibility index (Phi) is 5.29. The average molecular weight is 344 g/mol. The summed E-state index contributed by atoms with van der Waals surface area (Å²) in [5, 5.41) is 4.58. The van der Waals surface area contributed by atoms with Crippen molar-refractivity contribution in [2.24, 2.45) is 0 Å². The van der Waals surface area contributed by atoms with Crippen LogP contribution in [0.4, 0.5) is 0 Å². The summed E-state index contributed by atoms with van der Waals surface area (Å²) < 4.78 is 5.21. The molecule has 2 aromatic rings. The Morgan fingerprint density at radius 3 is 2.67 bits per heavy atom.